The zero-order valence-electron chi connectivity index (χ0n) is 16.9. The highest BCUT2D eigenvalue weighted by molar-refractivity contribution is 7.89. The van der Waals surface area contributed by atoms with E-state index < -0.39 is 16.1 Å². The average molecular weight is 431 g/mol. The zero-order valence-corrected chi connectivity index (χ0v) is 17.7. The molecule has 1 fully saturated rings. The Morgan fingerprint density at radius 3 is 2.37 bits per heavy atom. The molecule has 2 aliphatic rings. The number of hydrogen-bond acceptors (Lipinski definition) is 5. The fraction of sp³-hybridized carbons (Fsp3) is 0.409. The molecule has 0 bridgehead atoms. The Morgan fingerprint density at radius 2 is 1.67 bits per heavy atom. The molecule has 160 valence electrons. The van der Waals surface area contributed by atoms with Crippen molar-refractivity contribution in [2.75, 3.05) is 19.0 Å². The topological polar surface area (TPSA) is 84.9 Å². The van der Waals surface area contributed by atoms with Crippen LogP contribution in [-0.4, -0.2) is 44.4 Å². The summed E-state index contributed by atoms with van der Waals surface area (Å²) in [6.45, 7) is 0.113. The summed E-state index contributed by atoms with van der Waals surface area (Å²) in [5.41, 5.74) is 0.502. The van der Waals surface area contributed by atoms with Crippen molar-refractivity contribution in [2.24, 2.45) is 0 Å². The quantitative estimate of drug-likeness (QED) is 0.786. The number of rotatable bonds is 5. The maximum atomic E-state index is 12.9. The monoisotopic (exact) mass is 430 g/mol. The Hall–Kier alpha value is -2.58. The molecule has 2 aromatic rings. The van der Waals surface area contributed by atoms with Gasteiger partial charge in [0.2, 0.25) is 16.1 Å². The lowest BCUT2D eigenvalue weighted by Crippen LogP contribution is -2.40. The van der Waals surface area contributed by atoms with Crippen molar-refractivity contribution >= 4 is 21.6 Å². The van der Waals surface area contributed by atoms with Crippen LogP contribution in [0.5, 0.6) is 11.5 Å². The standard InChI is InChI=1S/C22H26N2O5S/c1-24(17-7-3-2-4-8-17)30(26,27)18-13-11-16(12-14-18)23-22(25)21-15-28-19-9-5-6-10-20(19)29-21/h5-6,9-14,17,21H,2-4,7-8,15H2,1H3,(H,23,25)/t21-/m1/s1. The van der Waals surface area contributed by atoms with Gasteiger partial charge in [-0.3, -0.25) is 4.79 Å². The van der Waals surface area contributed by atoms with E-state index in [1.165, 1.54) is 22.9 Å². The number of amides is 1. The van der Waals surface area contributed by atoms with Crippen molar-refractivity contribution in [2.45, 2.75) is 49.1 Å². The summed E-state index contributed by atoms with van der Waals surface area (Å²) in [6, 6.07) is 13.5. The van der Waals surface area contributed by atoms with E-state index in [9.17, 15) is 13.2 Å². The first-order valence-corrected chi connectivity index (χ1v) is 11.7. The number of fused-ring (bicyclic) bond motifs is 1. The molecular weight excluding hydrogens is 404 g/mol. The van der Waals surface area contributed by atoms with E-state index in [1.54, 1.807) is 31.3 Å². The number of nitrogens with one attached hydrogen (secondary N) is 1. The van der Waals surface area contributed by atoms with Gasteiger partial charge in [-0.25, -0.2) is 8.42 Å². The highest BCUT2D eigenvalue weighted by Gasteiger charge is 2.30. The third kappa shape index (κ3) is 4.29. The molecule has 0 spiro atoms. The highest BCUT2D eigenvalue weighted by Crippen LogP contribution is 2.31. The number of carbonyl (C=O) groups excluding carboxylic acids is 1. The molecule has 1 aliphatic carbocycles. The predicted molar refractivity (Wildman–Crippen MR) is 113 cm³/mol. The van der Waals surface area contributed by atoms with Gasteiger partial charge >= 0.3 is 0 Å². The summed E-state index contributed by atoms with van der Waals surface area (Å²) in [5, 5.41) is 2.76. The average Bonchev–Trinajstić information content (AvgIpc) is 2.79. The number of sulfonamides is 1. The fourth-order valence-corrected chi connectivity index (χ4v) is 5.30. The van der Waals surface area contributed by atoms with Gasteiger partial charge in [-0.15, -0.1) is 0 Å². The van der Waals surface area contributed by atoms with E-state index in [0.29, 0.717) is 17.2 Å². The number of carbonyl (C=O) groups is 1. The Morgan fingerprint density at radius 1 is 1.00 bits per heavy atom. The first-order valence-electron chi connectivity index (χ1n) is 10.2. The van der Waals surface area contributed by atoms with Gasteiger partial charge in [0.25, 0.3) is 5.91 Å². The second-order valence-electron chi connectivity index (χ2n) is 7.69. The van der Waals surface area contributed by atoms with E-state index in [-0.39, 0.29) is 23.5 Å². The minimum atomic E-state index is -3.56. The lowest BCUT2D eigenvalue weighted by atomic mass is 9.96. The molecular formula is C22H26N2O5S. The number of benzene rings is 2. The van der Waals surface area contributed by atoms with Gasteiger partial charge in [-0.1, -0.05) is 31.4 Å². The maximum absolute atomic E-state index is 12.9. The molecule has 7 nitrogen and oxygen atoms in total. The van der Waals surface area contributed by atoms with Crippen molar-refractivity contribution in [1.29, 1.82) is 0 Å². The van der Waals surface area contributed by atoms with Gasteiger partial charge in [0.15, 0.2) is 11.5 Å². The molecule has 0 aromatic heterocycles. The third-order valence-electron chi connectivity index (χ3n) is 5.69. The van der Waals surface area contributed by atoms with Gasteiger partial charge in [0.1, 0.15) is 6.61 Å². The summed E-state index contributed by atoms with van der Waals surface area (Å²) in [5.74, 6) is 0.786. The van der Waals surface area contributed by atoms with Crippen LogP contribution in [0, 0.1) is 0 Å². The molecule has 2 aromatic carbocycles. The van der Waals surface area contributed by atoms with Crippen LogP contribution in [0.4, 0.5) is 5.69 Å². The van der Waals surface area contributed by atoms with Crippen LogP contribution in [0.25, 0.3) is 0 Å². The van der Waals surface area contributed by atoms with E-state index in [2.05, 4.69) is 5.32 Å². The zero-order chi connectivity index (χ0) is 21.1. The molecule has 8 heteroatoms. The Balaban J connectivity index is 1.40. The van der Waals surface area contributed by atoms with Crippen molar-refractivity contribution in [3.63, 3.8) is 0 Å². The molecule has 1 saturated carbocycles. The van der Waals surface area contributed by atoms with Crippen LogP contribution < -0.4 is 14.8 Å². The van der Waals surface area contributed by atoms with Crippen LogP contribution >= 0.6 is 0 Å². The predicted octanol–water partition coefficient (Wildman–Crippen LogP) is 3.42. The fourth-order valence-electron chi connectivity index (χ4n) is 3.89. The van der Waals surface area contributed by atoms with Gasteiger partial charge in [-0.2, -0.15) is 4.31 Å². The molecule has 0 saturated heterocycles. The van der Waals surface area contributed by atoms with Crippen molar-refractivity contribution < 1.29 is 22.7 Å². The SMILES string of the molecule is CN(C1CCCCC1)S(=O)(=O)c1ccc(NC(=O)[C@H]2COc3ccccc3O2)cc1. The van der Waals surface area contributed by atoms with Crippen LogP contribution in [0.15, 0.2) is 53.4 Å². The van der Waals surface area contributed by atoms with Crippen molar-refractivity contribution in [1.82, 2.24) is 4.31 Å². The molecule has 30 heavy (non-hydrogen) atoms. The van der Waals surface area contributed by atoms with Crippen LogP contribution in [0.2, 0.25) is 0 Å². The van der Waals surface area contributed by atoms with Crippen LogP contribution in [0.1, 0.15) is 32.1 Å². The van der Waals surface area contributed by atoms with Crippen molar-refractivity contribution in [3.8, 4) is 11.5 Å². The smallest absolute Gasteiger partial charge is 0.269 e. The second kappa shape index (κ2) is 8.65. The minimum absolute atomic E-state index is 0.0504. The summed E-state index contributed by atoms with van der Waals surface area (Å²) in [6.07, 6.45) is 4.31. The second-order valence-corrected chi connectivity index (χ2v) is 9.69. The maximum Gasteiger partial charge on any atom is 0.269 e. The number of ether oxygens (including phenoxy) is 2. The molecule has 1 heterocycles. The van der Waals surface area contributed by atoms with Crippen molar-refractivity contribution in [3.05, 3.63) is 48.5 Å². The molecule has 1 atom stereocenters. The van der Waals surface area contributed by atoms with E-state index in [0.717, 1.165) is 25.7 Å². The number of hydrogen-bond donors (Lipinski definition) is 1. The van der Waals surface area contributed by atoms with Gasteiger partial charge in [0, 0.05) is 18.8 Å². The largest absolute Gasteiger partial charge is 0.485 e. The van der Waals surface area contributed by atoms with Crippen LogP contribution in [0.3, 0.4) is 0 Å². The lowest BCUT2D eigenvalue weighted by molar-refractivity contribution is -0.125. The third-order valence-corrected chi connectivity index (χ3v) is 7.61. The number of nitrogens with zero attached hydrogens (tertiary/aromatic N) is 1. The summed E-state index contributed by atoms with van der Waals surface area (Å²) in [7, 11) is -1.91. The number of anilines is 1. The van der Waals surface area contributed by atoms with E-state index in [4.69, 9.17) is 9.47 Å². The molecule has 0 unspecified atom stereocenters. The van der Waals surface area contributed by atoms with Gasteiger partial charge in [0.05, 0.1) is 4.90 Å². The first kappa shape index (κ1) is 20.7. The Labute approximate surface area is 177 Å². The van der Waals surface area contributed by atoms with Gasteiger partial charge < -0.3 is 14.8 Å². The minimum Gasteiger partial charge on any atom is -0.485 e. The molecule has 1 amide bonds. The van der Waals surface area contributed by atoms with Crippen LogP contribution in [-0.2, 0) is 14.8 Å². The van der Waals surface area contributed by atoms with E-state index >= 15 is 0 Å². The molecule has 1 aliphatic heterocycles. The van der Waals surface area contributed by atoms with Gasteiger partial charge in [-0.05, 0) is 49.2 Å². The normalized spacial score (nSPS) is 19.5. The molecule has 0 radical (unpaired) electrons. The molecule has 4 rings (SSSR count). The highest BCUT2D eigenvalue weighted by atomic mass is 32.2. The number of para-hydroxylation sites is 2. The van der Waals surface area contributed by atoms with E-state index in [1.807, 2.05) is 12.1 Å². The lowest BCUT2D eigenvalue weighted by Gasteiger charge is -2.30. The summed E-state index contributed by atoms with van der Waals surface area (Å²) < 4.78 is 38.6. The molecule has 1 N–H and O–H groups in total. The summed E-state index contributed by atoms with van der Waals surface area (Å²) in [4.78, 5) is 12.8. The summed E-state index contributed by atoms with van der Waals surface area (Å²) >= 11 is 0. The Bertz CT molecular complexity index is 1000. The first-order chi connectivity index (χ1) is 14.4. The Kier molecular flexibility index (Phi) is 5.97.